The Morgan fingerprint density at radius 2 is 1.85 bits per heavy atom. The van der Waals surface area contributed by atoms with Gasteiger partial charge in [0.15, 0.2) is 5.82 Å². The molecule has 0 saturated carbocycles. The third-order valence-electron chi connectivity index (χ3n) is 5.44. The van der Waals surface area contributed by atoms with Crippen molar-refractivity contribution >= 4 is 23.5 Å². The zero-order chi connectivity index (χ0) is 23.8. The van der Waals surface area contributed by atoms with E-state index >= 15 is 0 Å². The lowest BCUT2D eigenvalue weighted by Crippen LogP contribution is -2.61. The zero-order valence-electron chi connectivity index (χ0n) is 19.3. The number of hydrogen-bond donors (Lipinski definition) is 3. The highest BCUT2D eigenvalue weighted by Gasteiger charge is 2.45. The molecular formula is C24H28N6O3. The molecule has 3 heterocycles. The number of carbonyl (C=O) groups is 2. The van der Waals surface area contributed by atoms with Crippen LogP contribution in [0.1, 0.15) is 33.3 Å². The summed E-state index contributed by atoms with van der Waals surface area (Å²) >= 11 is 0. The van der Waals surface area contributed by atoms with Gasteiger partial charge in [-0.25, -0.2) is 9.78 Å². The predicted molar refractivity (Wildman–Crippen MR) is 126 cm³/mol. The molecule has 9 heteroatoms. The number of ether oxygens (including phenoxy) is 1. The fourth-order valence-electron chi connectivity index (χ4n) is 3.83. The number of anilines is 2. The first kappa shape index (κ1) is 22.3. The van der Waals surface area contributed by atoms with Crippen molar-refractivity contribution in [2.24, 2.45) is 7.05 Å². The van der Waals surface area contributed by atoms with Gasteiger partial charge in [-0.2, -0.15) is 5.10 Å². The molecule has 0 unspecified atom stereocenters. The fourth-order valence-corrected chi connectivity index (χ4v) is 3.83. The molecule has 2 atom stereocenters. The molecule has 2 amide bonds. The predicted octanol–water partition coefficient (Wildman–Crippen LogP) is 3.65. The van der Waals surface area contributed by atoms with Crippen molar-refractivity contribution in [3.8, 4) is 11.1 Å². The molecule has 9 nitrogen and oxygen atoms in total. The van der Waals surface area contributed by atoms with E-state index in [1.54, 1.807) is 44.8 Å². The van der Waals surface area contributed by atoms with Gasteiger partial charge in [-0.1, -0.05) is 30.3 Å². The van der Waals surface area contributed by atoms with Gasteiger partial charge in [0.2, 0.25) is 5.91 Å². The Balaban J connectivity index is 1.67. The topological polar surface area (TPSA) is 110 Å². The molecule has 0 bridgehead atoms. The van der Waals surface area contributed by atoms with E-state index in [1.165, 1.54) is 0 Å². The molecule has 0 aliphatic carbocycles. The van der Waals surface area contributed by atoms with E-state index in [4.69, 9.17) is 4.74 Å². The number of carbonyl (C=O) groups excluding carboxylic acids is 2. The lowest BCUT2D eigenvalue weighted by molar-refractivity contribution is -0.118. The number of aryl methyl sites for hydroxylation is 1. The monoisotopic (exact) mass is 448 g/mol. The van der Waals surface area contributed by atoms with Gasteiger partial charge < -0.3 is 20.7 Å². The summed E-state index contributed by atoms with van der Waals surface area (Å²) in [7, 11) is 1.84. The summed E-state index contributed by atoms with van der Waals surface area (Å²) in [5.74, 6) is 0.218. The van der Waals surface area contributed by atoms with Crippen LogP contribution in [0.5, 0.6) is 0 Å². The van der Waals surface area contributed by atoms with Crippen molar-refractivity contribution in [3.05, 3.63) is 60.6 Å². The summed E-state index contributed by atoms with van der Waals surface area (Å²) in [5, 5.41) is 13.3. The van der Waals surface area contributed by atoms with Crippen molar-refractivity contribution in [2.45, 2.75) is 44.9 Å². The maximum Gasteiger partial charge on any atom is 0.408 e. The number of amides is 2. The Hall–Kier alpha value is -3.88. The van der Waals surface area contributed by atoms with E-state index < -0.39 is 23.3 Å². The minimum atomic E-state index is -1.12. The first-order valence-electron chi connectivity index (χ1n) is 10.7. The first-order valence-corrected chi connectivity index (χ1v) is 10.7. The Morgan fingerprint density at radius 3 is 2.48 bits per heavy atom. The van der Waals surface area contributed by atoms with Gasteiger partial charge in [0.05, 0.1) is 17.4 Å². The molecule has 3 aromatic rings. The molecule has 0 saturated heterocycles. The van der Waals surface area contributed by atoms with Crippen LogP contribution in [0.3, 0.4) is 0 Å². The van der Waals surface area contributed by atoms with Gasteiger partial charge in [-0.15, -0.1) is 0 Å². The summed E-state index contributed by atoms with van der Waals surface area (Å²) in [5.41, 5.74) is 1.24. The number of nitrogens with one attached hydrogen (secondary N) is 3. The van der Waals surface area contributed by atoms with Crippen molar-refractivity contribution in [3.63, 3.8) is 0 Å². The quantitative estimate of drug-likeness (QED) is 0.562. The maximum atomic E-state index is 13.3. The van der Waals surface area contributed by atoms with Crippen LogP contribution < -0.4 is 16.0 Å². The molecule has 172 valence electrons. The van der Waals surface area contributed by atoms with Crippen LogP contribution in [-0.4, -0.2) is 38.4 Å². The highest BCUT2D eigenvalue weighted by molar-refractivity contribution is 6.04. The van der Waals surface area contributed by atoms with E-state index in [0.717, 1.165) is 16.7 Å². The van der Waals surface area contributed by atoms with Gasteiger partial charge in [0.1, 0.15) is 11.6 Å². The van der Waals surface area contributed by atoms with E-state index in [0.29, 0.717) is 11.5 Å². The third kappa shape index (κ3) is 4.67. The second kappa shape index (κ2) is 8.23. The molecule has 1 aromatic carbocycles. The Bertz CT molecular complexity index is 1180. The molecule has 2 aromatic heterocycles. The number of hydrogen-bond acceptors (Lipinski definition) is 6. The summed E-state index contributed by atoms with van der Waals surface area (Å²) in [4.78, 5) is 30.5. The van der Waals surface area contributed by atoms with Gasteiger partial charge >= 0.3 is 6.09 Å². The van der Waals surface area contributed by atoms with Crippen LogP contribution in [0.2, 0.25) is 0 Å². The minimum Gasteiger partial charge on any atom is -0.444 e. The normalized spacial score (nSPS) is 17.2. The number of benzene rings is 1. The van der Waals surface area contributed by atoms with Crippen LogP contribution in [-0.2, 0) is 22.1 Å². The number of aromatic nitrogens is 3. The second-order valence-electron chi connectivity index (χ2n) is 9.28. The lowest BCUT2D eigenvalue weighted by atomic mass is 9.83. The Morgan fingerprint density at radius 1 is 1.12 bits per heavy atom. The molecule has 3 N–H and O–H groups in total. The van der Waals surface area contributed by atoms with Crippen molar-refractivity contribution in [1.29, 1.82) is 0 Å². The summed E-state index contributed by atoms with van der Waals surface area (Å²) < 4.78 is 7.19. The molecule has 1 aliphatic rings. The molecule has 0 radical (unpaired) electrons. The maximum absolute atomic E-state index is 13.3. The SMILES string of the molecule is Cn1cc(-c2cnc3c(c2)NC(=O)[C@H]([C@@](C)(NC(=O)OC(C)(C)C)c2ccccc2)N3)cn1. The van der Waals surface area contributed by atoms with Crippen LogP contribution in [0, 0.1) is 0 Å². The average Bonchev–Trinajstić information content (AvgIpc) is 3.18. The first-order chi connectivity index (χ1) is 15.5. The molecular weight excluding hydrogens is 420 g/mol. The fraction of sp³-hybridized carbons (Fsp3) is 0.333. The third-order valence-corrected chi connectivity index (χ3v) is 5.44. The summed E-state index contributed by atoms with van der Waals surface area (Å²) in [6.07, 6.45) is 4.72. The Labute approximate surface area is 192 Å². The summed E-state index contributed by atoms with van der Waals surface area (Å²) in [6.45, 7) is 7.16. The van der Waals surface area contributed by atoms with Crippen molar-refractivity contribution < 1.29 is 14.3 Å². The molecule has 4 rings (SSSR count). The molecule has 0 fully saturated rings. The van der Waals surface area contributed by atoms with Gasteiger partial charge in [-0.05, 0) is 39.3 Å². The number of rotatable bonds is 4. The van der Waals surface area contributed by atoms with Gasteiger partial charge in [-0.3, -0.25) is 9.48 Å². The van der Waals surface area contributed by atoms with Gasteiger partial charge in [0, 0.05) is 30.6 Å². The lowest BCUT2D eigenvalue weighted by Gasteiger charge is -2.41. The van der Waals surface area contributed by atoms with Crippen LogP contribution in [0.15, 0.2) is 55.0 Å². The minimum absolute atomic E-state index is 0.296. The van der Waals surface area contributed by atoms with E-state index in [2.05, 4.69) is 26.0 Å². The van der Waals surface area contributed by atoms with Crippen molar-refractivity contribution in [2.75, 3.05) is 10.6 Å². The van der Waals surface area contributed by atoms with Crippen molar-refractivity contribution in [1.82, 2.24) is 20.1 Å². The largest absolute Gasteiger partial charge is 0.444 e. The smallest absolute Gasteiger partial charge is 0.408 e. The highest BCUT2D eigenvalue weighted by Crippen LogP contribution is 2.35. The van der Waals surface area contributed by atoms with Crippen LogP contribution in [0.4, 0.5) is 16.3 Å². The second-order valence-corrected chi connectivity index (χ2v) is 9.28. The number of alkyl carbamates (subject to hydrolysis) is 1. The van der Waals surface area contributed by atoms with Crippen LogP contribution >= 0.6 is 0 Å². The number of pyridine rings is 1. The Kier molecular flexibility index (Phi) is 5.57. The number of nitrogens with zero attached hydrogens (tertiary/aromatic N) is 3. The summed E-state index contributed by atoms with van der Waals surface area (Å²) in [6, 6.07) is 10.3. The van der Waals surface area contributed by atoms with Crippen LogP contribution in [0.25, 0.3) is 11.1 Å². The van der Waals surface area contributed by atoms with E-state index in [-0.39, 0.29) is 5.91 Å². The zero-order valence-corrected chi connectivity index (χ0v) is 19.3. The molecule has 1 aliphatic heterocycles. The number of fused-ring (bicyclic) bond motifs is 1. The van der Waals surface area contributed by atoms with Gasteiger partial charge in [0.25, 0.3) is 0 Å². The van der Waals surface area contributed by atoms with E-state index in [1.807, 2.05) is 49.6 Å². The van der Waals surface area contributed by atoms with E-state index in [9.17, 15) is 9.59 Å². The average molecular weight is 449 g/mol. The molecule has 33 heavy (non-hydrogen) atoms. The standard InChI is InChI=1S/C24H28N6O3/c1-23(2,3)33-22(32)29-24(4,17-9-7-6-8-10-17)19-21(31)27-18-11-15(12-25-20(18)28-19)16-13-26-30(5)14-16/h6-14,19H,1-5H3,(H,25,28)(H,27,31)(H,29,32)/t19-,24+/m1/s1. The molecule has 0 spiro atoms. The highest BCUT2D eigenvalue weighted by atomic mass is 16.6.